The Hall–Kier alpha value is -1.06. The zero-order chi connectivity index (χ0) is 14.5. The molecule has 0 amide bonds. The number of piperidine rings is 1. The molecule has 0 aromatic heterocycles. The molecule has 1 N–H and O–H groups in total. The van der Waals surface area contributed by atoms with Gasteiger partial charge in [-0.25, -0.2) is 0 Å². The number of likely N-dealkylation sites (tertiary alicyclic amines) is 1. The molecule has 0 aliphatic carbocycles. The molecule has 2 aromatic carbocycles. The van der Waals surface area contributed by atoms with Crippen molar-refractivity contribution in [3.63, 3.8) is 0 Å². The van der Waals surface area contributed by atoms with E-state index in [9.17, 15) is 0 Å². The molecule has 0 unspecified atom stereocenters. The van der Waals surface area contributed by atoms with Crippen LogP contribution in [0.2, 0.25) is 0 Å². The molecule has 126 valence electrons. The third-order valence-corrected chi connectivity index (χ3v) is 4.39. The second kappa shape index (κ2) is 9.94. The minimum atomic E-state index is 0. The quantitative estimate of drug-likeness (QED) is 0.882. The van der Waals surface area contributed by atoms with Gasteiger partial charge in [-0.1, -0.05) is 60.7 Å². The van der Waals surface area contributed by atoms with Gasteiger partial charge in [-0.15, -0.1) is 24.8 Å². The number of benzene rings is 2. The summed E-state index contributed by atoms with van der Waals surface area (Å²) < 4.78 is 0. The first-order valence-corrected chi connectivity index (χ1v) is 7.87. The Bertz CT molecular complexity index is 500. The van der Waals surface area contributed by atoms with E-state index in [0.29, 0.717) is 12.1 Å². The minimum Gasteiger partial charge on any atom is -0.306 e. The minimum absolute atomic E-state index is 0. The highest BCUT2D eigenvalue weighted by molar-refractivity contribution is 5.85. The molecule has 0 saturated carbocycles. The number of nitrogens with one attached hydrogen (secondary N) is 1. The molecule has 1 saturated heterocycles. The maximum absolute atomic E-state index is 3.88. The lowest BCUT2D eigenvalue weighted by molar-refractivity contribution is 0.229. The fraction of sp³-hybridized carbons (Fsp3) is 0.368. The number of rotatable bonds is 4. The number of nitrogens with zero attached hydrogens (tertiary/aromatic N) is 1. The Balaban J connectivity index is 0.00000132. The molecular formula is C19H26Cl2N2. The summed E-state index contributed by atoms with van der Waals surface area (Å²) in [5.74, 6) is 0. The van der Waals surface area contributed by atoms with Crippen molar-refractivity contribution in [1.82, 2.24) is 10.2 Å². The van der Waals surface area contributed by atoms with Crippen LogP contribution in [0, 0.1) is 0 Å². The smallest absolute Gasteiger partial charge is 0.0578 e. The standard InChI is InChI=1S/C19H24N2.2ClH/c1-21-14-12-18(13-15-21)20-19(16-8-4-2-5-9-16)17-10-6-3-7-11-17;;/h2-11,18-20H,12-15H2,1H3;2*1H. The number of halogens is 2. The summed E-state index contributed by atoms with van der Waals surface area (Å²) in [7, 11) is 2.21. The van der Waals surface area contributed by atoms with E-state index in [-0.39, 0.29) is 24.8 Å². The molecular weight excluding hydrogens is 327 g/mol. The third-order valence-electron chi connectivity index (χ3n) is 4.39. The fourth-order valence-electron chi connectivity index (χ4n) is 3.09. The highest BCUT2D eigenvalue weighted by Gasteiger charge is 2.21. The summed E-state index contributed by atoms with van der Waals surface area (Å²) in [5.41, 5.74) is 2.70. The molecule has 4 heteroatoms. The van der Waals surface area contributed by atoms with Gasteiger partial charge in [-0.3, -0.25) is 0 Å². The van der Waals surface area contributed by atoms with Crippen LogP contribution in [0.25, 0.3) is 0 Å². The maximum atomic E-state index is 3.88. The zero-order valence-electron chi connectivity index (χ0n) is 13.5. The summed E-state index contributed by atoms with van der Waals surface area (Å²) in [4.78, 5) is 2.41. The normalized spacial score (nSPS) is 15.7. The van der Waals surface area contributed by atoms with Crippen molar-refractivity contribution in [2.45, 2.75) is 24.9 Å². The molecule has 2 nitrogen and oxygen atoms in total. The van der Waals surface area contributed by atoms with Gasteiger partial charge in [-0.2, -0.15) is 0 Å². The van der Waals surface area contributed by atoms with E-state index in [1.807, 2.05) is 0 Å². The Labute approximate surface area is 152 Å². The van der Waals surface area contributed by atoms with Crippen molar-refractivity contribution < 1.29 is 0 Å². The van der Waals surface area contributed by atoms with E-state index in [0.717, 1.165) is 0 Å². The van der Waals surface area contributed by atoms with Crippen LogP contribution in [0.4, 0.5) is 0 Å². The van der Waals surface area contributed by atoms with Crippen LogP contribution < -0.4 is 5.32 Å². The molecule has 0 radical (unpaired) electrons. The van der Waals surface area contributed by atoms with Crippen molar-refractivity contribution >= 4 is 24.8 Å². The Morgan fingerprint density at radius 2 is 1.26 bits per heavy atom. The SMILES string of the molecule is CN1CCC(NC(c2ccccc2)c2ccccc2)CC1.Cl.Cl. The molecule has 3 rings (SSSR count). The fourth-order valence-corrected chi connectivity index (χ4v) is 3.09. The van der Waals surface area contributed by atoms with Crippen molar-refractivity contribution in [3.05, 3.63) is 71.8 Å². The molecule has 1 fully saturated rings. The molecule has 1 aliphatic heterocycles. The predicted octanol–water partition coefficient (Wildman–Crippen LogP) is 4.30. The monoisotopic (exact) mass is 352 g/mol. The van der Waals surface area contributed by atoms with E-state index in [1.165, 1.54) is 37.1 Å². The molecule has 1 aliphatic rings. The van der Waals surface area contributed by atoms with Crippen LogP contribution >= 0.6 is 24.8 Å². The summed E-state index contributed by atoms with van der Waals surface area (Å²) >= 11 is 0. The molecule has 1 heterocycles. The first-order chi connectivity index (χ1) is 10.3. The Kier molecular flexibility index (Phi) is 8.64. The van der Waals surface area contributed by atoms with E-state index in [4.69, 9.17) is 0 Å². The molecule has 23 heavy (non-hydrogen) atoms. The average Bonchev–Trinajstić information content (AvgIpc) is 2.56. The molecule has 0 spiro atoms. The van der Waals surface area contributed by atoms with Gasteiger partial charge in [0.1, 0.15) is 0 Å². The second-order valence-electron chi connectivity index (χ2n) is 6.00. The van der Waals surface area contributed by atoms with E-state index >= 15 is 0 Å². The lowest BCUT2D eigenvalue weighted by Gasteiger charge is -2.33. The lowest BCUT2D eigenvalue weighted by atomic mass is 9.96. The van der Waals surface area contributed by atoms with Crippen molar-refractivity contribution in [2.75, 3.05) is 20.1 Å². The van der Waals surface area contributed by atoms with Gasteiger partial charge in [-0.05, 0) is 44.1 Å². The first kappa shape index (κ1) is 20.0. The third kappa shape index (κ3) is 5.50. The van der Waals surface area contributed by atoms with Gasteiger partial charge in [0.15, 0.2) is 0 Å². The van der Waals surface area contributed by atoms with Gasteiger partial charge >= 0.3 is 0 Å². The largest absolute Gasteiger partial charge is 0.306 e. The van der Waals surface area contributed by atoms with Gasteiger partial charge in [0, 0.05) is 6.04 Å². The molecule has 0 atom stereocenters. The van der Waals surface area contributed by atoms with Crippen molar-refractivity contribution in [2.24, 2.45) is 0 Å². The van der Waals surface area contributed by atoms with Crippen molar-refractivity contribution in [3.8, 4) is 0 Å². The molecule has 0 bridgehead atoms. The van der Waals surface area contributed by atoms with Crippen LogP contribution in [0.3, 0.4) is 0 Å². The highest BCUT2D eigenvalue weighted by atomic mass is 35.5. The van der Waals surface area contributed by atoms with Crippen molar-refractivity contribution in [1.29, 1.82) is 0 Å². The lowest BCUT2D eigenvalue weighted by Crippen LogP contribution is -2.42. The average molecular weight is 353 g/mol. The van der Waals surface area contributed by atoms with Crippen LogP contribution in [0.15, 0.2) is 60.7 Å². The second-order valence-corrected chi connectivity index (χ2v) is 6.00. The Morgan fingerprint density at radius 1 is 0.826 bits per heavy atom. The van der Waals surface area contributed by atoms with Gasteiger partial charge < -0.3 is 10.2 Å². The van der Waals surface area contributed by atoms with Crippen LogP contribution in [-0.2, 0) is 0 Å². The summed E-state index contributed by atoms with van der Waals surface area (Å²) in [6.45, 7) is 2.38. The Morgan fingerprint density at radius 3 is 1.70 bits per heavy atom. The van der Waals surface area contributed by atoms with E-state index < -0.39 is 0 Å². The summed E-state index contributed by atoms with van der Waals surface area (Å²) in [6.07, 6.45) is 2.46. The topological polar surface area (TPSA) is 15.3 Å². The van der Waals surface area contributed by atoms with E-state index in [2.05, 4.69) is 77.9 Å². The summed E-state index contributed by atoms with van der Waals surface area (Å²) in [6, 6.07) is 22.5. The van der Waals surface area contributed by atoms with Gasteiger partial charge in [0.2, 0.25) is 0 Å². The number of hydrogen-bond acceptors (Lipinski definition) is 2. The maximum Gasteiger partial charge on any atom is 0.0578 e. The van der Waals surface area contributed by atoms with Gasteiger partial charge in [0.25, 0.3) is 0 Å². The zero-order valence-corrected chi connectivity index (χ0v) is 15.2. The van der Waals surface area contributed by atoms with Crippen LogP contribution in [0.5, 0.6) is 0 Å². The van der Waals surface area contributed by atoms with Crippen LogP contribution in [0.1, 0.15) is 30.0 Å². The highest BCUT2D eigenvalue weighted by Crippen LogP contribution is 2.24. The molecule has 2 aromatic rings. The van der Waals surface area contributed by atoms with Crippen LogP contribution in [-0.4, -0.2) is 31.1 Å². The van der Waals surface area contributed by atoms with E-state index in [1.54, 1.807) is 0 Å². The van der Waals surface area contributed by atoms with Gasteiger partial charge in [0.05, 0.1) is 6.04 Å². The first-order valence-electron chi connectivity index (χ1n) is 7.87. The summed E-state index contributed by atoms with van der Waals surface area (Å²) in [5, 5.41) is 3.88. The number of hydrogen-bond donors (Lipinski definition) is 1. The predicted molar refractivity (Wildman–Crippen MR) is 103 cm³/mol.